The lowest BCUT2D eigenvalue weighted by atomic mass is 9.83. The number of hydrogen-bond donors (Lipinski definition) is 1. The van der Waals surface area contributed by atoms with Gasteiger partial charge in [-0.05, 0) is 49.4 Å². The van der Waals surface area contributed by atoms with Crippen molar-refractivity contribution in [3.8, 4) is 0 Å². The molecule has 108 valence electrons. The van der Waals surface area contributed by atoms with Gasteiger partial charge in [0.25, 0.3) is 0 Å². The highest BCUT2D eigenvalue weighted by molar-refractivity contribution is 5.93. The van der Waals surface area contributed by atoms with Gasteiger partial charge in [0.05, 0.1) is 12.2 Å². The third-order valence-corrected chi connectivity index (χ3v) is 3.54. The number of hydrogen-bond acceptors (Lipinski definition) is 3. The molecule has 4 nitrogen and oxygen atoms in total. The molecule has 0 spiro atoms. The van der Waals surface area contributed by atoms with Gasteiger partial charge in [-0.15, -0.1) is 0 Å². The lowest BCUT2D eigenvalue weighted by Crippen LogP contribution is -2.20. The Morgan fingerprint density at radius 3 is 2.50 bits per heavy atom. The van der Waals surface area contributed by atoms with Gasteiger partial charge in [-0.3, -0.25) is 4.79 Å². The predicted octanol–water partition coefficient (Wildman–Crippen LogP) is 3.38. The monoisotopic (exact) mass is 275 g/mol. The van der Waals surface area contributed by atoms with Crippen LogP contribution in [0.25, 0.3) is 0 Å². The second-order valence-electron chi connectivity index (χ2n) is 5.26. The Bertz CT molecular complexity index is 463. The smallest absolute Gasteiger partial charge is 0.338 e. The van der Waals surface area contributed by atoms with Gasteiger partial charge in [-0.25, -0.2) is 4.79 Å². The molecule has 0 heterocycles. The van der Waals surface area contributed by atoms with Crippen LogP contribution >= 0.6 is 0 Å². The number of benzene rings is 1. The molecular weight excluding hydrogens is 254 g/mol. The molecule has 4 heteroatoms. The molecule has 0 unspecified atom stereocenters. The van der Waals surface area contributed by atoms with Crippen LogP contribution < -0.4 is 5.32 Å². The number of carbonyl (C=O) groups is 2. The van der Waals surface area contributed by atoms with Crippen LogP contribution in [0.5, 0.6) is 0 Å². The maximum Gasteiger partial charge on any atom is 0.338 e. The van der Waals surface area contributed by atoms with E-state index < -0.39 is 0 Å². The third kappa shape index (κ3) is 4.08. The molecule has 0 atom stereocenters. The van der Waals surface area contributed by atoms with Crippen LogP contribution in [0.1, 0.15) is 49.4 Å². The standard InChI is InChI=1S/C16H21NO3/c1-2-10-20-16(19)13-6-8-14(9-7-13)17-15(18)11-12-4-3-5-12/h6-9,12H,2-5,10-11H2,1H3,(H,17,18). The van der Waals surface area contributed by atoms with Gasteiger partial charge in [-0.2, -0.15) is 0 Å². The second-order valence-corrected chi connectivity index (χ2v) is 5.26. The van der Waals surface area contributed by atoms with Crippen molar-refractivity contribution in [2.75, 3.05) is 11.9 Å². The van der Waals surface area contributed by atoms with Crippen LogP contribution in [0.3, 0.4) is 0 Å². The van der Waals surface area contributed by atoms with Crippen molar-refractivity contribution in [2.45, 2.75) is 39.0 Å². The first-order valence-electron chi connectivity index (χ1n) is 7.26. The molecule has 1 aliphatic rings. The molecule has 0 radical (unpaired) electrons. The molecule has 1 amide bonds. The molecule has 1 aromatic rings. The first-order valence-corrected chi connectivity index (χ1v) is 7.26. The number of anilines is 1. The molecule has 1 aromatic carbocycles. The maximum absolute atomic E-state index is 11.8. The van der Waals surface area contributed by atoms with E-state index in [0.717, 1.165) is 24.9 Å². The summed E-state index contributed by atoms with van der Waals surface area (Å²) in [7, 11) is 0. The highest BCUT2D eigenvalue weighted by atomic mass is 16.5. The van der Waals surface area contributed by atoms with Gasteiger partial charge in [0.2, 0.25) is 5.91 Å². The molecule has 20 heavy (non-hydrogen) atoms. The largest absolute Gasteiger partial charge is 0.462 e. The molecular formula is C16H21NO3. The fourth-order valence-corrected chi connectivity index (χ4v) is 2.14. The Morgan fingerprint density at radius 2 is 1.95 bits per heavy atom. The van der Waals surface area contributed by atoms with Crippen molar-refractivity contribution in [2.24, 2.45) is 5.92 Å². The zero-order chi connectivity index (χ0) is 14.4. The van der Waals surface area contributed by atoms with Gasteiger partial charge >= 0.3 is 5.97 Å². The molecule has 1 fully saturated rings. The number of esters is 1. The SMILES string of the molecule is CCCOC(=O)c1ccc(NC(=O)CC2CCC2)cc1. The zero-order valence-electron chi connectivity index (χ0n) is 11.9. The van der Waals surface area contributed by atoms with Gasteiger partial charge in [0.1, 0.15) is 0 Å². The van der Waals surface area contributed by atoms with E-state index in [0.29, 0.717) is 24.5 Å². The van der Waals surface area contributed by atoms with Crippen LogP contribution in [0.4, 0.5) is 5.69 Å². The Balaban J connectivity index is 1.84. The van der Waals surface area contributed by atoms with Crippen molar-refractivity contribution in [1.29, 1.82) is 0 Å². The third-order valence-electron chi connectivity index (χ3n) is 3.54. The van der Waals surface area contributed by atoms with E-state index in [2.05, 4.69) is 5.32 Å². The minimum atomic E-state index is -0.320. The highest BCUT2D eigenvalue weighted by Crippen LogP contribution is 2.29. The summed E-state index contributed by atoms with van der Waals surface area (Å²) in [4.78, 5) is 23.4. The number of nitrogens with one attached hydrogen (secondary N) is 1. The summed E-state index contributed by atoms with van der Waals surface area (Å²) in [6, 6.07) is 6.83. The predicted molar refractivity (Wildman–Crippen MR) is 77.6 cm³/mol. The topological polar surface area (TPSA) is 55.4 Å². The molecule has 0 aliphatic heterocycles. The molecule has 0 saturated heterocycles. The molecule has 0 bridgehead atoms. The fourth-order valence-electron chi connectivity index (χ4n) is 2.14. The van der Waals surface area contributed by atoms with Gasteiger partial charge < -0.3 is 10.1 Å². The van der Waals surface area contributed by atoms with E-state index in [1.165, 1.54) is 6.42 Å². The average molecular weight is 275 g/mol. The van der Waals surface area contributed by atoms with Crippen LogP contribution in [-0.2, 0) is 9.53 Å². The first kappa shape index (κ1) is 14.6. The minimum absolute atomic E-state index is 0.0519. The summed E-state index contributed by atoms with van der Waals surface area (Å²) >= 11 is 0. The van der Waals surface area contributed by atoms with Crippen molar-refractivity contribution in [3.63, 3.8) is 0 Å². The van der Waals surface area contributed by atoms with E-state index in [1.54, 1.807) is 24.3 Å². The van der Waals surface area contributed by atoms with E-state index in [1.807, 2.05) is 6.92 Å². The Morgan fingerprint density at radius 1 is 1.25 bits per heavy atom. The number of carbonyl (C=O) groups excluding carboxylic acids is 2. The van der Waals surface area contributed by atoms with Crippen molar-refractivity contribution < 1.29 is 14.3 Å². The van der Waals surface area contributed by atoms with E-state index in [-0.39, 0.29) is 11.9 Å². The molecule has 2 rings (SSSR count). The molecule has 1 aliphatic carbocycles. The molecule has 0 aromatic heterocycles. The Kier molecular flexibility index (Phi) is 5.16. The first-order chi connectivity index (χ1) is 9.69. The summed E-state index contributed by atoms with van der Waals surface area (Å²) in [6.07, 6.45) is 4.97. The summed E-state index contributed by atoms with van der Waals surface area (Å²) in [5.41, 5.74) is 1.23. The quantitative estimate of drug-likeness (QED) is 0.810. The zero-order valence-corrected chi connectivity index (χ0v) is 11.9. The van der Waals surface area contributed by atoms with E-state index >= 15 is 0 Å². The van der Waals surface area contributed by atoms with Gasteiger partial charge in [-0.1, -0.05) is 13.3 Å². The average Bonchev–Trinajstić information content (AvgIpc) is 2.41. The van der Waals surface area contributed by atoms with Crippen molar-refractivity contribution in [1.82, 2.24) is 0 Å². The normalized spacial score (nSPS) is 14.4. The Hall–Kier alpha value is -1.84. The summed E-state index contributed by atoms with van der Waals surface area (Å²) < 4.78 is 5.05. The lowest BCUT2D eigenvalue weighted by Gasteiger charge is -2.24. The summed E-state index contributed by atoms with van der Waals surface area (Å²) in [5.74, 6) is 0.286. The summed E-state index contributed by atoms with van der Waals surface area (Å²) in [6.45, 7) is 2.38. The van der Waals surface area contributed by atoms with Crippen molar-refractivity contribution in [3.05, 3.63) is 29.8 Å². The summed E-state index contributed by atoms with van der Waals surface area (Å²) in [5, 5.41) is 2.86. The van der Waals surface area contributed by atoms with Crippen LogP contribution in [0, 0.1) is 5.92 Å². The van der Waals surface area contributed by atoms with Gasteiger partial charge in [0.15, 0.2) is 0 Å². The van der Waals surface area contributed by atoms with Crippen LogP contribution in [0.2, 0.25) is 0 Å². The molecule has 1 saturated carbocycles. The van der Waals surface area contributed by atoms with Crippen LogP contribution in [-0.4, -0.2) is 18.5 Å². The number of ether oxygens (including phenoxy) is 1. The van der Waals surface area contributed by atoms with Crippen LogP contribution in [0.15, 0.2) is 24.3 Å². The Labute approximate surface area is 119 Å². The number of rotatable bonds is 6. The van der Waals surface area contributed by atoms with Gasteiger partial charge in [0, 0.05) is 12.1 Å². The maximum atomic E-state index is 11.8. The van der Waals surface area contributed by atoms with E-state index in [4.69, 9.17) is 4.74 Å². The number of amides is 1. The molecule has 1 N–H and O–H groups in total. The minimum Gasteiger partial charge on any atom is -0.462 e. The van der Waals surface area contributed by atoms with E-state index in [9.17, 15) is 9.59 Å². The second kappa shape index (κ2) is 7.08. The van der Waals surface area contributed by atoms with Crippen molar-refractivity contribution >= 4 is 17.6 Å². The lowest BCUT2D eigenvalue weighted by molar-refractivity contribution is -0.117. The fraction of sp³-hybridized carbons (Fsp3) is 0.500. The highest BCUT2D eigenvalue weighted by Gasteiger charge is 2.20.